The standard InChI is InChI=1S/C5H8I2O/c1-3(6)5(8)4(2)7/h3-4H,1-2H3. The third kappa shape index (κ3) is 3.21. The molecule has 8 heavy (non-hydrogen) atoms. The number of halogens is 2. The van der Waals surface area contributed by atoms with Gasteiger partial charge >= 0.3 is 0 Å². The predicted molar refractivity (Wildman–Crippen MR) is 52.0 cm³/mol. The zero-order valence-corrected chi connectivity index (χ0v) is 9.13. The molecule has 0 aromatic carbocycles. The molecule has 0 radical (unpaired) electrons. The fourth-order valence-electron chi connectivity index (χ4n) is 0.316. The van der Waals surface area contributed by atoms with E-state index in [2.05, 4.69) is 45.2 Å². The molecule has 0 fully saturated rings. The Morgan fingerprint density at radius 3 is 1.50 bits per heavy atom. The molecule has 0 aliphatic carbocycles. The molecular weight excluding hydrogens is 330 g/mol. The van der Waals surface area contributed by atoms with Gasteiger partial charge < -0.3 is 0 Å². The smallest absolute Gasteiger partial charge is 0.157 e. The molecule has 0 aromatic heterocycles. The van der Waals surface area contributed by atoms with Gasteiger partial charge in [0.05, 0.1) is 7.85 Å². The summed E-state index contributed by atoms with van der Waals surface area (Å²) in [4.78, 5) is 10.8. The molecule has 0 rings (SSSR count). The SMILES string of the molecule is CC(I)C(=O)C(C)I. The summed E-state index contributed by atoms with van der Waals surface area (Å²) >= 11 is 4.26. The first-order valence-electron chi connectivity index (χ1n) is 2.37. The normalized spacial score (nSPS) is 17.5. The quantitative estimate of drug-likeness (QED) is 0.557. The van der Waals surface area contributed by atoms with E-state index in [1.165, 1.54) is 0 Å². The van der Waals surface area contributed by atoms with Crippen molar-refractivity contribution < 1.29 is 4.79 Å². The first kappa shape index (κ1) is 9.13. The summed E-state index contributed by atoms with van der Waals surface area (Å²) in [5.74, 6) is 0.325. The molecule has 3 heteroatoms. The van der Waals surface area contributed by atoms with Gasteiger partial charge in [-0.1, -0.05) is 45.2 Å². The Labute approximate surface area is 76.9 Å². The molecule has 2 atom stereocenters. The molecule has 0 aromatic rings. The lowest BCUT2D eigenvalue weighted by Crippen LogP contribution is -2.17. The van der Waals surface area contributed by atoms with E-state index in [-0.39, 0.29) is 7.85 Å². The summed E-state index contributed by atoms with van der Waals surface area (Å²) in [5, 5.41) is 0. The van der Waals surface area contributed by atoms with Crippen molar-refractivity contribution in [3.05, 3.63) is 0 Å². The third-order valence-corrected chi connectivity index (χ3v) is 2.01. The van der Waals surface area contributed by atoms with E-state index in [9.17, 15) is 4.79 Å². The van der Waals surface area contributed by atoms with Crippen molar-refractivity contribution in [1.29, 1.82) is 0 Å². The Morgan fingerprint density at radius 2 is 1.50 bits per heavy atom. The Hall–Kier alpha value is 1.13. The van der Waals surface area contributed by atoms with Crippen molar-refractivity contribution in [1.82, 2.24) is 0 Å². The van der Waals surface area contributed by atoms with Gasteiger partial charge in [0, 0.05) is 0 Å². The van der Waals surface area contributed by atoms with Crippen molar-refractivity contribution in [3.63, 3.8) is 0 Å². The summed E-state index contributed by atoms with van der Waals surface area (Å²) in [7, 11) is 0. The molecule has 0 bridgehead atoms. The highest BCUT2D eigenvalue weighted by molar-refractivity contribution is 14.1. The molecule has 0 N–H and O–H groups in total. The minimum Gasteiger partial charge on any atom is -0.297 e. The maximum absolute atomic E-state index is 10.8. The fraction of sp³-hybridized carbons (Fsp3) is 0.800. The lowest BCUT2D eigenvalue weighted by Gasteiger charge is -2.02. The number of carbonyl (C=O) groups excluding carboxylic acids is 1. The molecule has 0 aliphatic heterocycles. The van der Waals surface area contributed by atoms with Gasteiger partial charge in [0.25, 0.3) is 0 Å². The number of alkyl halides is 2. The summed E-state index contributed by atoms with van der Waals surface area (Å²) < 4.78 is 0.332. The summed E-state index contributed by atoms with van der Waals surface area (Å²) in [5.41, 5.74) is 0. The van der Waals surface area contributed by atoms with Gasteiger partial charge in [-0.3, -0.25) is 4.79 Å². The number of rotatable bonds is 2. The second-order valence-corrected chi connectivity index (χ2v) is 5.37. The highest BCUT2D eigenvalue weighted by Crippen LogP contribution is 2.09. The van der Waals surface area contributed by atoms with E-state index in [1.54, 1.807) is 0 Å². The summed E-state index contributed by atoms with van der Waals surface area (Å²) in [6.07, 6.45) is 0. The van der Waals surface area contributed by atoms with Crippen molar-refractivity contribution in [3.8, 4) is 0 Å². The molecule has 48 valence electrons. The minimum absolute atomic E-state index is 0.166. The number of hydrogen-bond acceptors (Lipinski definition) is 1. The fourth-order valence-corrected chi connectivity index (χ4v) is 2.08. The van der Waals surface area contributed by atoms with Crippen LogP contribution in [0.25, 0.3) is 0 Å². The highest BCUT2D eigenvalue weighted by Gasteiger charge is 2.13. The van der Waals surface area contributed by atoms with Gasteiger partial charge in [0.1, 0.15) is 0 Å². The molecule has 2 unspecified atom stereocenters. The maximum atomic E-state index is 10.8. The number of carbonyl (C=O) groups is 1. The van der Waals surface area contributed by atoms with E-state index in [0.717, 1.165) is 0 Å². The van der Waals surface area contributed by atoms with Gasteiger partial charge in [-0.15, -0.1) is 0 Å². The molecule has 1 nitrogen and oxygen atoms in total. The van der Waals surface area contributed by atoms with Crippen LogP contribution in [-0.2, 0) is 4.79 Å². The topological polar surface area (TPSA) is 17.1 Å². The van der Waals surface area contributed by atoms with E-state index >= 15 is 0 Å². The Bertz CT molecular complexity index is 78.4. The second kappa shape index (κ2) is 4.03. The third-order valence-electron chi connectivity index (χ3n) is 0.784. The van der Waals surface area contributed by atoms with Crippen molar-refractivity contribution in [2.75, 3.05) is 0 Å². The lowest BCUT2D eigenvalue weighted by molar-refractivity contribution is -0.116. The monoisotopic (exact) mass is 338 g/mol. The first-order chi connectivity index (χ1) is 3.55. The van der Waals surface area contributed by atoms with Crippen molar-refractivity contribution in [2.45, 2.75) is 21.7 Å². The average Bonchev–Trinajstić information content (AvgIpc) is 1.64. The molecule has 0 heterocycles. The van der Waals surface area contributed by atoms with Crippen LogP contribution in [0.5, 0.6) is 0 Å². The van der Waals surface area contributed by atoms with E-state index in [0.29, 0.717) is 5.78 Å². The maximum Gasteiger partial charge on any atom is 0.157 e. The number of ketones is 1. The highest BCUT2D eigenvalue weighted by atomic mass is 127. The first-order valence-corrected chi connectivity index (χ1v) is 4.86. The average molecular weight is 338 g/mol. The predicted octanol–water partition coefficient (Wildman–Crippen LogP) is 2.20. The van der Waals surface area contributed by atoms with Gasteiger partial charge in [-0.2, -0.15) is 0 Å². The largest absolute Gasteiger partial charge is 0.297 e. The van der Waals surface area contributed by atoms with Gasteiger partial charge in [-0.25, -0.2) is 0 Å². The summed E-state index contributed by atoms with van der Waals surface area (Å²) in [6.45, 7) is 3.83. The zero-order valence-electron chi connectivity index (χ0n) is 4.82. The molecule has 0 amide bonds. The van der Waals surface area contributed by atoms with Crippen molar-refractivity contribution in [2.24, 2.45) is 0 Å². The van der Waals surface area contributed by atoms with Crippen LogP contribution in [0.1, 0.15) is 13.8 Å². The lowest BCUT2D eigenvalue weighted by atomic mass is 10.2. The van der Waals surface area contributed by atoms with Crippen LogP contribution >= 0.6 is 45.2 Å². The molecule has 0 saturated heterocycles. The Morgan fingerprint density at radius 1 is 1.25 bits per heavy atom. The van der Waals surface area contributed by atoms with Crippen LogP contribution in [0, 0.1) is 0 Å². The molecular formula is C5H8I2O. The van der Waals surface area contributed by atoms with E-state index in [4.69, 9.17) is 0 Å². The van der Waals surface area contributed by atoms with E-state index in [1.807, 2.05) is 13.8 Å². The minimum atomic E-state index is 0.166. The van der Waals surface area contributed by atoms with Gasteiger partial charge in [0.15, 0.2) is 5.78 Å². The second-order valence-electron chi connectivity index (χ2n) is 1.63. The van der Waals surface area contributed by atoms with Gasteiger partial charge in [0.2, 0.25) is 0 Å². The Kier molecular flexibility index (Phi) is 4.60. The molecule has 0 saturated carbocycles. The van der Waals surface area contributed by atoms with Crippen LogP contribution in [-0.4, -0.2) is 13.6 Å². The molecule has 0 aliphatic rings. The van der Waals surface area contributed by atoms with Crippen LogP contribution in [0.4, 0.5) is 0 Å². The Balaban J connectivity index is 3.65. The number of Topliss-reactive ketones (excluding diaryl/α,β-unsaturated/α-hetero) is 1. The van der Waals surface area contributed by atoms with Gasteiger partial charge in [-0.05, 0) is 13.8 Å². The summed E-state index contributed by atoms with van der Waals surface area (Å²) in [6, 6.07) is 0. The zero-order chi connectivity index (χ0) is 6.73. The van der Waals surface area contributed by atoms with Crippen LogP contribution in [0.2, 0.25) is 0 Å². The van der Waals surface area contributed by atoms with Crippen LogP contribution in [0.3, 0.4) is 0 Å². The van der Waals surface area contributed by atoms with E-state index < -0.39 is 0 Å². The van der Waals surface area contributed by atoms with Crippen molar-refractivity contribution >= 4 is 51.0 Å². The number of hydrogen-bond donors (Lipinski definition) is 0. The van der Waals surface area contributed by atoms with Crippen LogP contribution in [0.15, 0.2) is 0 Å². The molecule has 0 spiro atoms. The van der Waals surface area contributed by atoms with Crippen LogP contribution < -0.4 is 0 Å².